The molecule has 0 saturated carbocycles. The Morgan fingerprint density at radius 3 is 2.29 bits per heavy atom. The Morgan fingerprint density at radius 1 is 1.21 bits per heavy atom. The predicted molar refractivity (Wildman–Crippen MR) is 59.9 cm³/mol. The first-order chi connectivity index (χ1) is 6.61. The van der Waals surface area contributed by atoms with Crippen LogP contribution >= 0.6 is 0 Å². The lowest BCUT2D eigenvalue weighted by Crippen LogP contribution is -2.26. The maximum absolute atomic E-state index is 5.75. The first-order valence-corrected chi connectivity index (χ1v) is 5.01. The maximum atomic E-state index is 5.75. The average molecular weight is 193 g/mol. The SMILES string of the molecule is CNC[C@@H](C)Oc1cc(C)cc(C)c1. The van der Waals surface area contributed by atoms with Crippen molar-refractivity contribution >= 4 is 0 Å². The molecule has 1 rings (SSSR count). The van der Waals surface area contributed by atoms with Crippen molar-refractivity contribution in [3.63, 3.8) is 0 Å². The topological polar surface area (TPSA) is 21.3 Å². The third-order valence-electron chi connectivity index (χ3n) is 2.02. The van der Waals surface area contributed by atoms with E-state index in [-0.39, 0.29) is 6.10 Å². The van der Waals surface area contributed by atoms with Gasteiger partial charge in [-0.1, -0.05) is 6.07 Å². The van der Waals surface area contributed by atoms with Crippen LogP contribution in [0.5, 0.6) is 5.75 Å². The fourth-order valence-corrected chi connectivity index (χ4v) is 1.56. The van der Waals surface area contributed by atoms with Gasteiger partial charge in [0.05, 0.1) is 0 Å². The molecule has 0 aliphatic heterocycles. The van der Waals surface area contributed by atoms with E-state index in [1.165, 1.54) is 11.1 Å². The summed E-state index contributed by atoms with van der Waals surface area (Å²) in [7, 11) is 1.93. The van der Waals surface area contributed by atoms with Gasteiger partial charge in [-0.05, 0) is 51.1 Å². The molecule has 0 saturated heterocycles. The zero-order chi connectivity index (χ0) is 10.6. The molecule has 0 aliphatic carbocycles. The van der Waals surface area contributed by atoms with E-state index in [2.05, 4.69) is 44.3 Å². The number of benzene rings is 1. The van der Waals surface area contributed by atoms with Crippen molar-refractivity contribution in [1.82, 2.24) is 5.32 Å². The highest BCUT2D eigenvalue weighted by atomic mass is 16.5. The molecule has 1 aromatic carbocycles. The summed E-state index contributed by atoms with van der Waals surface area (Å²) in [6.07, 6.45) is 0.209. The van der Waals surface area contributed by atoms with Crippen LogP contribution in [0.25, 0.3) is 0 Å². The van der Waals surface area contributed by atoms with Crippen LogP contribution in [0, 0.1) is 13.8 Å². The Morgan fingerprint density at radius 2 is 1.79 bits per heavy atom. The van der Waals surface area contributed by atoms with E-state index >= 15 is 0 Å². The van der Waals surface area contributed by atoms with Gasteiger partial charge in [-0.3, -0.25) is 0 Å². The Hall–Kier alpha value is -1.02. The molecule has 78 valence electrons. The summed E-state index contributed by atoms with van der Waals surface area (Å²) in [5, 5.41) is 3.09. The van der Waals surface area contributed by atoms with Crippen molar-refractivity contribution in [2.75, 3.05) is 13.6 Å². The number of likely N-dealkylation sites (N-methyl/N-ethyl adjacent to an activating group) is 1. The van der Waals surface area contributed by atoms with Gasteiger partial charge in [0.15, 0.2) is 0 Å². The Bertz CT molecular complexity index is 276. The molecule has 14 heavy (non-hydrogen) atoms. The van der Waals surface area contributed by atoms with Crippen LogP contribution in [0.3, 0.4) is 0 Å². The normalized spacial score (nSPS) is 12.6. The molecule has 2 heteroatoms. The first-order valence-electron chi connectivity index (χ1n) is 5.01. The van der Waals surface area contributed by atoms with Gasteiger partial charge in [0, 0.05) is 6.54 Å². The number of nitrogens with one attached hydrogen (secondary N) is 1. The van der Waals surface area contributed by atoms with Crippen LogP contribution in [0.2, 0.25) is 0 Å². The van der Waals surface area contributed by atoms with Gasteiger partial charge in [0.2, 0.25) is 0 Å². The molecular weight excluding hydrogens is 174 g/mol. The molecule has 0 aromatic heterocycles. The number of aryl methyl sites for hydroxylation is 2. The molecule has 0 bridgehead atoms. The number of rotatable bonds is 4. The first kappa shape index (κ1) is 11.1. The Kier molecular flexibility index (Phi) is 3.96. The standard InChI is InChI=1S/C12H19NO/c1-9-5-10(2)7-12(6-9)14-11(3)8-13-4/h5-7,11,13H,8H2,1-4H3/t11-/m1/s1. The molecule has 0 fully saturated rings. The molecule has 2 nitrogen and oxygen atoms in total. The van der Waals surface area contributed by atoms with Gasteiger partial charge in [0.25, 0.3) is 0 Å². The fourth-order valence-electron chi connectivity index (χ4n) is 1.56. The highest BCUT2D eigenvalue weighted by Crippen LogP contribution is 2.17. The maximum Gasteiger partial charge on any atom is 0.120 e. The van der Waals surface area contributed by atoms with Crippen molar-refractivity contribution in [1.29, 1.82) is 0 Å². The largest absolute Gasteiger partial charge is 0.489 e. The van der Waals surface area contributed by atoms with Crippen LogP contribution in [-0.2, 0) is 0 Å². The molecule has 0 aliphatic rings. The third kappa shape index (κ3) is 3.38. The Balaban J connectivity index is 2.66. The lowest BCUT2D eigenvalue weighted by atomic mass is 10.1. The molecule has 0 amide bonds. The second-order valence-corrected chi connectivity index (χ2v) is 3.81. The van der Waals surface area contributed by atoms with E-state index in [0.717, 1.165) is 12.3 Å². The summed E-state index contributed by atoms with van der Waals surface area (Å²) < 4.78 is 5.75. The summed E-state index contributed by atoms with van der Waals surface area (Å²) in [5.74, 6) is 0.963. The van der Waals surface area contributed by atoms with Crippen molar-refractivity contribution in [3.05, 3.63) is 29.3 Å². The lowest BCUT2D eigenvalue weighted by molar-refractivity contribution is 0.220. The summed E-state index contributed by atoms with van der Waals surface area (Å²) in [5.41, 5.74) is 2.49. The van der Waals surface area contributed by atoms with Crippen molar-refractivity contribution in [2.24, 2.45) is 0 Å². The number of hydrogen-bond donors (Lipinski definition) is 1. The zero-order valence-corrected chi connectivity index (χ0v) is 9.42. The summed E-state index contributed by atoms with van der Waals surface area (Å²) in [4.78, 5) is 0. The monoisotopic (exact) mass is 193 g/mol. The van der Waals surface area contributed by atoms with E-state index < -0.39 is 0 Å². The van der Waals surface area contributed by atoms with E-state index in [1.807, 2.05) is 7.05 Å². The van der Waals surface area contributed by atoms with Crippen LogP contribution in [0.4, 0.5) is 0 Å². The van der Waals surface area contributed by atoms with Gasteiger partial charge in [-0.2, -0.15) is 0 Å². The van der Waals surface area contributed by atoms with Gasteiger partial charge in [0.1, 0.15) is 11.9 Å². The van der Waals surface area contributed by atoms with Crippen LogP contribution < -0.4 is 10.1 Å². The predicted octanol–water partition coefficient (Wildman–Crippen LogP) is 2.29. The van der Waals surface area contributed by atoms with Gasteiger partial charge < -0.3 is 10.1 Å². The third-order valence-corrected chi connectivity index (χ3v) is 2.02. The molecule has 0 spiro atoms. The van der Waals surface area contributed by atoms with Crippen molar-refractivity contribution in [3.8, 4) is 5.75 Å². The van der Waals surface area contributed by atoms with Crippen LogP contribution in [0.1, 0.15) is 18.1 Å². The van der Waals surface area contributed by atoms with Gasteiger partial charge in [-0.25, -0.2) is 0 Å². The molecule has 0 heterocycles. The fraction of sp³-hybridized carbons (Fsp3) is 0.500. The summed E-state index contributed by atoms with van der Waals surface area (Å²) in [6, 6.07) is 6.29. The quantitative estimate of drug-likeness (QED) is 0.792. The average Bonchev–Trinajstić information content (AvgIpc) is 2.01. The van der Waals surface area contributed by atoms with Gasteiger partial charge in [-0.15, -0.1) is 0 Å². The minimum atomic E-state index is 0.209. The highest BCUT2D eigenvalue weighted by molar-refractivity contribution is 5.33. The van der Waals surface area contributed by atoms with Gasteiger partial charge >= 0.3 is 0 Å². The molecule has 0 radical (unpaired) electrons. The lowest BCUT2D eigenvalue weighted by Gasteiger charge is -2.15. The van der Waals surface area contributed by atoms with Crippen LogP contribution in [-0.4, -0.2) is 19.7 Å². The second kappa shape index (κ2) is 5.01. The van der Waals surface area contributed by atoms with E-state index in [4.69, 9.17) is 4.74 Å². The highest BCUT2D eigenvalue weighted by Gasteiger charge is 2.03. The molecule has 1 N–H and O–H groups in total. The van der Waals surface area contributed by atoms with Crippen molar-refractivity contribution in [2.45, 2.75) is 26.9 Å². The van der Waals surface area contributed by atoms with Crippen molar-refractivity contribution < 1.29 is 4.74 Å². The summed E-state index contributed by atoms with van der Waals surface area (Å²) >= 11 is 0. The molecule has 0 unspecified atom stereocenters. The smallest absolute Gasteiger partial charge is 0.120 e. The number of hydrogen-bond acceptors (Lipinski definition) is 2. The number of ether oxygens (including phenoxy) is 1. The second-order valence-electron chi connectivity index (χ2n) is 3.81. The van der Waals surface area contributed by atoms with E-state index in [1.54, 1.807) is 0 Å². The summed E-state index contributed by atoms with van der Waals surface area (Å²) in [6.45, 7) is 7.10. The van der Waals surface area contributed by atoms with E-state index in [0.29, 0.717) is 0 Å². The molecule has 1 aromatic rings. The molecular formula is C12H19NO. The minimum absolute atomic E-state index is 0.209. The Labute approximate surface area is 86.3 Å². The minimum Gasteiger partial charge on any atom is -0.489 e. The van der Waals surface area contributed by atoms with Crippen LogP contribution in [0.15, 0.2) is 18.2 Å². The zero-order valence-electron chi connectivity index (χ0n) is 9.42. The molecule has 1 atom stereocenters. The van der Waals surface area contributed by atoms with E-state index in [9.17, 15) is 0 Å².